The Labute approximate surface area is 101 Å². The van der Waals surface area contributed by atoms with Gasteiger partial charge in [-0.15, -0.1) is 0 Å². The first-order chi connectivity index (χ1) is 8.33. The van der Waals surface area contributed by atoms with E-state index in [1.165, 1.54) is 32.6 Å². The molecule has 5 heteroatoms. The van der Waals surface area contributed by atoms with E-state index in [1.54, 1.807) is 0 Å². The maximum absolute atomic E-state index is 8.83. The average Bonchev–Trinajstić information content (AvgIpc) is 2.40. The van der Waals surface area contributed by atoms with Crippen LogP contribution in [0.4, 0.5) is 5.95 Å². The molecule has 1 fully saturated rings. The van der Waals surface area contributed by atoms with Crippen molar-refractivity contribution in [2.75, 3.05) is 12.4 Å². The topological polar surface area (TPSA) is 70.8 Å². The Kier molecular flexibility index (Phi) is 3.76. The summed E-state index contributed by atoms with van der Waals surface area (Å²) in [5, 5.41) is 12.1. The largest absolute Gasteiger partial charge is 0.480 e. The molecule has 1 saturated carbocycles. The quantitative estimate of drug-likeness (QED) is 0.864. The van der Waals surface area contributed by atoms with Crippen molar-refractivity contribution < 1.29 is 4.74 Å². The lowest BCUT2D eigenvalue weighted by molar-refractivity contribution is 0.395. The Morgan fingerprint density at radius 1 is 1.41 bits per heavy atom. The fraction of sp³-hybridized carbons (Fsp3) is 0.583. The standard InChI is InChI=1S/C12H16N4O/c1-17-11-9(7-13)8-14-12(16-11)15-10-5-3-2-4-6-10/h8,10H,2-6H2,1H3,(H,14,15,16). The lowest BCUT2D eigenvalue weighted by Crippen LogP contribution is -2.23. The van der Waals surface area contributed by atoms with Crippen molar-refractivity contribution in [2.45, 2.75) is 38.1 Å². The van der Waals surface area contributed by atoms with Crippen LogP contribution in [0.3, 0.4) is 0 Å². The summed E-state index contributed by atoms with van der Waals surface area (Å²) in [5.74, 6) is 0.883. The van der Waals surface area contributed by atoms with Crippen LogP contribution < -0.4 is 10.1 Å². The lowest BCUT2D eigenvalue weighted by Gasteiger charge is -2.22. The number of anilines is 1. The molecule has 0 saturated heterocycles. The molecule has 0 radical (unpaired) electrons. The van der Waals surface area contributed by atoms with Crippen LogP contribution in [-0.4, -0.2) is 23.1 Å². The molecule has 17 heavy (non-hydrogen) atoms. The van der Waals surface area contributed by atoms with Crippen LogP contribution in [0.25, 0.3) is 0 Å². The number of aromatic nitrogens is 2. The summed E-state index contributed by atoms with van der Waals surface area (Å²) in [6.07, 6.45) is 7.64. The van der Waals surface area contributed by atoms with Crippen molar-refractivity contribution in [3.63, 3.8) is 0 Å². The van der Waals surface area contributed by atoms with E-state index >= 15 is 0 Å². The predicted molar refractivity (Wildman–Crippen MR) is 63.8 cm³/mol. The third-order valence-corrected chi connectivity index (χ3v) is 3.01. The number of hydrogen-bond acceptors (Lipinski definition) is 5. The zero-order valence-electron chi connectivity index (χ0n) is 9.94. The molecule has 0 spiro atoms. The van der Waals surface area contributed by atoms with Gasteiger partial charge in [0.15, 0.2) is 0 Å². The predicted octanol–water partition coefficient (Wildman–Crippen LogP) is 2.10. The second-order valence-electron chi connectivity index (χ2n) is 4.21. The first-order valence-electron chi connectivity index (χ1n) is 5.91. The smallest absolute Gasteiger partial charge is 0.236 e. The number of ether oxygens (including phenoxy) is 1. The van der Waals surface area contributed by atoms with E-state index in [2.05, 4.69) is 15.3 Å². The van der Waals surface area contributed by atoms with Gasteiger partial charge >= 0.3 is 0 Å². The normalized spacial score (nSPS) is 16.2. The lowest BCUT2D eigenvalue weighted by atomic mass is 9.96. The minimum Gasteiger partial charge on any atom is -0.480 e. The van der Waals surface area contributed by atoms with E-state index in [4.69, 9.17) is 10.00 Å². The molecule has 5 nitrogen and oxygen atoms in total. The maximum Gasteiger partial charge on any atom is 0.236 e. The molecule has 0 bridgehead atoms. The molecule has 0 aliphatic heterocycles. The van der Waals surface area contributed by atoms with Crippen molar-refractivity contribution in [3.05, 3.63) is 11.8 Å². The van der Waals surface area contributed by atoms with Crippen molar-refractivity contribution in [1.82, 2.24) is 9.97 Å². The van der Waals surface area contributed by atoms with E-state index in [9.17, 15) is 0 Å². The minimum atomic E-state index is 0.334. The van der Waals surface area contributed by atoms with Gasteiger partial charge in [0.2, 0.25) is 11.8 Å². The molecule has 0 atom stereocenters. The summed E-state index contributed by atoms with van der Waals surface area (Å²) in [6, 6.07) is 2.45. The minimum absolute atomic E-state index is 0.334. The van der Waals surface area contributed by atoms with Gasteiger partial charge in [-0.3, -0.25) is 0 Å². The van der Waals surface area contributed by atoms with Gasteiger partial charge in [0, 0.05) is 6.04 Å². The molecule has 1 heterocycles. The van der Waals surface area contributed by atoms with Crippen LogP contribution in [0, 0.1) is 11.3 Å². The molecule has 1 N–H and O–H groups in total. The van der Waals surface area contributed by atoms with Gasteiger partial charge < -0.3 is 10.1 Å². The molecule has 1 aliphatic rings. The maximum atomic E-state index is 8.83. The molecule has 2 rings (SSSR count). The van der Waals surface area contributed by atoms with Crippen molar-refractivity contribution >= 4 is 5.95 Å². The van der Waals surface area contributed by atoms with Crippen LogP contribution in [-0.2, 0) is 0 Å². The highest BCUT2D eigenvalue weighted by molar-refractivity contribution is 5.40. The molecule has 0 aromatic carbocycles. The number of hydrogen-bond donors (Lipinski definition) is 1. The van der Waals surface area contributed by atoms with E-state index in [-0.39, 0.29) is 0 Å². The zero-order chi connectivity index (χ0) is 12.1. The first kappa shape index (κ1) is 11.6. The Morgan fingerprint density at radius 3 is 2.82 bits per heavy atom. The summed E-state index contributed by atoms with van der Waals surface area (Å²) in [4.78, 5) is 8.32. The highest BCUT2D eigenvalue weighted by atomic mass is 16.5. The Morgan fingerprint density at radius 2 is 2.18 bits per heavy atom. The third-order valence-electron chi connectivity index (χ3n) is 3.01. The highest BCUT2D eigenvalue weighted by Gasteiger charge is 2.15. The van der Waals surface area contributed by atoms with Gasteiger partial charge in [-0.1, -0.05) is 19.3 Å². The number of nitriles is 1. The van der Waals surface area contributed by atoms with Gasteiger partial charge in [0.25, 0.3) is 0 Å². The zero-order valence-corrected chi connectivity index (χ0v) is 9.94. The van der Waals surface area contributed by atoms with Crippen LogP contribution in [0.15, 0.2) is 6.20 Å². The first-order valence-corrected chi connectivity index (χ1v) is 5.91. The SMILES string of the molecule is COc1nc(NC2CCCCC2)ncc1C#N. The number of nitrogens with zero attached hydrogens (tertiary/aromatic N) is 3. The average molecular weight is 232 g/mol. The third kappa shape index (κ3) is 2.84. The summed E-state index contributed by atoms with van der Waals surface area (Å²) >= 11 is 0. The molecule has 1 aromatic heterocycles. The van der Waals surface area contributed by atoms with E-state index in [0.29, 0.717) is 23.4 Å². The number of methoxy groups -OCH3 is 1. The Hall–Kier alpha value is -1.83. The van der Waals surface area contributed by atoms with Crippen molar-refractivity contribution in [3.8, 4) is 11.9 Å². The second-order valence-corrected chi connectivity index (χ2v) is 4.21. The summed E-state index contributed by atoms with van der Waals surface area (Å²) in [5.41, 5.74) is 0.363. The summed E-state index contributed by atoms with van der Waals surface area (Å²) in [7, 11) is 1.51. The summed E-state index contributed by atoms with van der Waals surface area (Å²) < 4.78 is 5.05. The number of nitrogens with one attached hydrogen (secondary N) is 1. The van der Waals surface area contributed by atoms with Crippen molar-refractivity contribution in [1.29, 1.82) is 5.26 Å². The van der Waals surface area contributed by atoms with E-state index in [0.717, 1.165) is 12.8 Å². The molecular weight excluding hydrogens is 216 g/mol. The Balaban J connectivity index is 2.08. The van der Waals surface area contributed by atoms with Crippen LogP contribution >= 0.6 is 0 Å². The molecule has 90 valence electrons. The second kappa shape index (κ2) is 5.48. The summed E-state index contributed by atoms with van der Waals surface area (Å²) in [6.45, 7) is 0. The van der Waals surface area contributed by atoms with Gasteiger partial charge in [0.05, 0.1) is 13.3 Å². The fourth-order valence-corrected chi connectivity index (χ4v) is 2.10. The van der Waals surface area contributed by atoms with Gasteiger partial charge in [-0.25, -0.2) is 4.98 Å². The molecule has 0 amide bonds. The van der Waals surface area contributed by atoms with E-state index < -0.39 is 0 Å². The van der Waals surface area contributed by atoms with Crippen LogP contribution in [0.1, 0.15) is 37.7 Å². The van der Waals surface area contributed by atoms with Gasteiger partial charge in [0.1, 0.15) is 11.6 Å². The molecular formula is C12H16N4O. The van der Waals surface area contributed by atoms with Gasteiger partial charge in [-0.2, -0.15) is 10.2 Å². The Bertz CT molecular complexity index is 421. The van der Waals surface area contributed by atoms with Crippen molar-refractivity contribution in [2.24, 2.45) is 0 Å². The molecule has 1 aromatic rings. The van der Waals surface area contributed by atoms with E-state index in [1.807, 2.05) is 6.07 Å². The monoisotopic (exact) mass is 232 g/mol. The highest BCUT2D eigenvalue weighted by Crippen LogP contribution is 2.21. The van der Waals surface area contributed by atoms with Crippen LogP contribution in [0.5, 0.6) is 5.88 Å². The fourth-order valence-electron chi connectivity index (χ4n) is 2.10. The van der Waals surface area contributed by atoms with Gasteiger partial charge in [-0.05, 0) is 12.8 Å². The number of rotatable bonds is 3. The molecule has 1 aliphatic carbocycles. The van der Waals surface area contributed by atoms with Crippen LogP contribution in [0.2, 0.25) is 0 Å². The molecule has 0 unspecified atom stereocenters.